The summed E-state index contributed by atoms with van der Waals surface area (Å²) in [6, 6.07) is 8.73. The maximum atomic E-state index is 6.38. The summed E-state index contributed by atoms with van der Waals surface area (Å²) in [5.41, 5.74) is 13.5. The summed E-state index contributed by atoms with van der Waals surface area (Å²) in [5, 5.41) is 0. The number of nitrogens with two attached hydrogens (primary N) is 2. The van der Waals surface area contributed by atoms with E-state index in [1.807, 2.05) is 26.0 Å². The summed E-state index contributed by atoms with van der Waals surface area (Å²) in [6.07, 6.45) is 4.71. The van der Waals surface area contributed by atoms with E-state index in [2.05, 4.69) is 12.1 Å². The van der Waals surface area contributed by atoms with Gasteiger partial charge in [-0.15, -0.1) is 0 Å². The van der Waals surface area contributed by atoms with Crippen LogP contribution in [0.15, 0.2) is 24.3 Å². The first-order valence-corrected chi connectivity index (χ1v) is 7.34. The van der Waals surface area contributed by atoms with Gasteiger partial charge < -0.3 is 16.2 Å². The van der Waals surface area contributed by atoms with Gasteiger partial charge in [0.2, 0.25) is 0 Å². The highest BCUT2D eigenvalue weighted by Crippen LogP contribution is 2.33. The van der Waals surface area contributed by atoms with Crippen LogP contribution in [0.5, 0.6) is 5.75 Å². The van der Waals surface area contributed by atoms with Gasteiger partial charge in [0.25, 0.3) is 0 Å². The number of hydrogen-bond donors (Lipinski definition) is 2. The Labute approximate surface area is 116 Å². The van der Waals surface area contributed by atoms with Crippen LogP contribution in [0.3, 0.4) is 0 Å². The SMILES string of the molecule is CC(C)Oc1ccc(C(N)C2CCC(N)CC2)cc1. The van der Waals surface area contributed by atoms with E-state index in [4.69, 9.17) is 16.2 Å². The summed E-state index contributed by atoms with van der Waals surface area (Å²) < 4.78 is 5.65. The summed E-state index contributed by atoms with van der Waals surface area (Å²) in [4.78, 5) is 0. The smallest absolute Gasteiger partial charge is 0.119 e. The normalized spacial score (nSPS) is 25.3. The van der Waals surface area contributed by atoms with Crippen LogP contribution in [0.2, 0.25) is 0 Å². The fourth-order valence-corrected chi connectivity index (χ4v) is 2.82. The molecule has 0 heterocycles. The van der Waals surface area contributed by atoms with E-state index in [0.29, 0.717) is 12.0 Å². The summed E-state index contributed by atoms with van der Waals surface area (Å²) in [5.74, 6) is 1.48. The van der Waals surface area contributed by atoms with Crippen molar-refractivity contribution >= 4 is 0 Å². The molecule has 19 heavy (non-hydrogen) atoms. The van der Waals surface area contributed by atoms with Gasteiger partial charge in [-0.1, -0.05) is 12.1 Å². The van der Waals surface area contributed by atoms with E-state index in [1.165, 1.54) is 5.56 Å². The van der Waals surface area contributed by atoms with E-state index in [0.717, 1.165) is 31.4 Å². The minimum Gasteiger partial charge on any atom is -0.491 e. The minimum atomic E-state index is 0.126. The molecule has 1 aromatic rings. The van der Waals surface area contributed by atoms with E-state index < -0.39 is 0 Å². The van der Waals surface area contributed by atoms with Gasteiger partial charge in [0.15, 0.2) is 0 Å². The van der Waals surface area contributed by atoms with Crippen LogP contribution in [0, 0.1) is 5.92 Å². The number of benzene rings is 1. The molecule has 0 radical (unpaired) electrons. The first kappa shape index (κ1) is 14.4. The third-order valence-electron chi connectivity index (χ3n) is 3.96. The molecule has 0 aromatic heterocycles. The van der Waals surface area contributed by atoms with Gasteiger partial charge in [0, 0.05) is 12.1 Å². The Kier molecular flexibility index (Phi) is 4.83. The van der Waals surface area contributed by atoms with Crippen molar-refractivity contribution in [1.82, 2.24) is 0 Å². The van der Waals surface area contributed by atoms with E-state index in [-0.39, 0.29) is 12.1 Å². The lowest BCUT2D eigenvalue weighted by Gasteiger charge is -2.30. The van der Waals surface area contributed by atoms with Crippen molar-refractivity contribution in [3.05, 3.63) is 29.8 Å². The average Bonchev–Trinajstić information content (AvgIpc) is 2.39. The van der Waals surface area contributed by atoms with E-state index in [9.17, 15) is 0 Å². The van der Waals surface area contributed by atoms with Crippen LogP contribution in [0.1, 0.15) is 51.1 Å². The zero-order valence-corrected chi connectivity index (χ0v) is 12.0. The first-order chi connectivity index (χ1) is 9.06. The second kappa shape index (κ2) is 6.40. The number of ether oxygens (including phenoxy) is 1. The molecule has 1 aromatic carbocycles. The first-order valence-electron chi connectivity index (χ1n) is 7.34. The average molecular weight is 262 g/mol. The van der Waals surface area contributed by atoms with Gasteiger partial charge in [-0.25, -0.2) is 0 Å². The predicted molar refractivity (Wildman–Crippen MR) is 79.1 cm³/mol. The monoisotopic (exact) mass is 262 g/mol. The maximum Gasteiger partial charge on any atom is 0.119 e. The van der Waals surface area contributed by atoms with Crippen molar-refractivity contribution in [3.8, 4) is 5.75 Å². The number of hydrogen-bond acceptors (Lipinski definition) is 3. The summed E-state index contributed by atoms with van der Waals surface area (Å²) in [7, 11) is 0. The molecule has 0 bridgehead atoms. The third-order valence-corrected chi connectivity index (χ3v) is 3.96. The zero-order chi connectivity index (χ0) is 13.8. The molecule has 1 aliphatic carbocycles. The zero-order valence-electron chi connectivity index (χ0n) is 12.0. The Bertz CT molecular complexity index is 380. The van der Waals surface area contributed by atoms with Crippen molar-refractivity contribution in [2.75, 3.05) is 0 Å². The molecular weight excluding hydrogens is 236 g/mol. The molecule has 1 saturated carbocycles. The van der Waals surface area contributed by atoms with Crippen molar-refractivity contribution in [2.24, 2.45) is 17.4 Å². The van der Waals surface area contributed by atoms with Crippen molar-refractivity contribution in [2.45, 2.75) is 57.7 Å². The molecular formula is C16H26N2O. The largest absolute Gasteiger partial charge is 0.491 e. The lowest BCUT2D eigenvalue weighted by Crippen LogP contribution is -2.31. The topological polar surface area (TPSA) is 61.3 Å². The van der Waals surface area contributed by atoms with Gasteiger partial charge in [0.05, 0.1) is 6.10 Å². The molecule has 0 amide bonds. The maximum absolute atomic E-state index is 6.38. The standard InChI is InChI=1S/C16H26N2O/c1-11(2)19-15-9-5-13(6-10-15)16(18)12-3-7-14(17)8-4-12/h5-6,9-12,14,16H,3-4,7-8,17-18H2,1-2H3. The van der Waals surface area contributed by atoms with Gasteiger partial charge in [-0.05, 0) is 63.1 Å². The Hall–Kier alpha value is -1.06. The van der Waals surface area contributed by atoms with Crippen LogP contribution in [0.4, 0.5) is 0 Å². The molecule has 1 aliphatic rings. The molecule has 0 spiro atoms. The molecule has 1 unspecified atom stereocenters. The van der Waals surface area contributed by atoms with Gasteiger partial charge in [0.1, 0.15) is 5.75 Å². The fraction of sp³-hybridized carbons (Fsp3) is 0.625. The molecule has 0 saturated heterocycles. The minimum absolute atomic E-state index is 0.126. The third kappa shape index (κ3) is 3.95. The molecule has 3 heteroatoms. The Morgan fingerprint density at radius 2 is 1.63 bits per heavy atom. The van der Waals surface area contributed by atoms with Crippen molar-refractivity contribution < 1.29 is 4.74 Å². The Morgan fingerprint density at radius 3 is 2.16 bits per heavy atom. The highest BCUT2D eigenvalue weighted by Gasteiger charge is 2.24. The van der Waals surface area contributed by atoms with E-state index in [1.54, 1.807) is 0 Å². The van der Waals surface area contributed by atoms with Crippen LogP contribution >= 0.6 is 0 Å². The van der Waals surface area contributed by atoms with Crippen LogP contribution in [-0.2, 0) is 0 Å². The van der Waals surface area contributed by atoms with Crippen molar-refractivity contribution in [1.29, 1.82) is 0 Å². The van der Waals surface area contributed by atoms with Gasteiger partial charge in [-0.3, -0.25) is 0 Å². The molecule has 106 valence electrons. The second-order valence-electron chi connectivity index (χ2n) is 5.94. The van der Waals surface area contributed by atoms with Crippen LogP contribution in [-0.4, -0.2) is 12.1 Å². The summed E-state index contributed by atoms with van der Waals surface area (Å²) >= 11 is 0. The Balaban J connectivity index is 1.97. The van der Waals surface area contributed by atoms with Crippen LogP contribution < -0.4 is 16.2 Å². The Morgan fingerprint density at radius 1 is 1.05 bits per heavy atom. The number of rotatable bonds is 4. The molecule has 4 N–H and O–H groups in total. The lowest BCUT2D eigenvalue weighted by atomic mass is 9.80. The fourth-order valence-electron chi connectivity index (χ4n) is 2.82. The summed E-state index contributed by atoms with van der Waals surface area (Å²) in [6.45, 7) is 4.07. The highest BCUT2D eigenvalue weighted by atomic mass is 16.5. The molecule has 3 nitrogen and oxygen atoms in total. The molecule has 0 aliphatic heterocycles. The molecule has 1 fully saturated rings. The second-order valence-corrected chi connectivity index (χ2v) is 5.94. The van der Waals surface area contributed by atoms with Crippen molar-refractivity contribution in [3.63, 3.8) is 0 Å². The lowest BCUT2D eigenvalue weighted by molar-refractivity contribution is 0.242. The van der Waals surface area contributed by atoms with Gasteiger partial charge >= 0.3 is 0 Å². The van der Waals surface area contributed by atoms with Crippen LogP contribution in [0.25, 0.3) is 0 Å². The van der Waals surface area contributed by atoms with E-state index >= 15 is 0 Å². The van der Waals surface area contributed by atoms with Gasteiger partial charge in [-0.2, -0.15) is 0 Å². The molecule has 1 atom stereocenters. The highest BCUT2D eigenvalue weighted by molar-refractivity contribution is 5.29. The molecule has 2 rings (SSSR count). The predicted octanol–water partition coefficient (Wildman–Crippen LogP) is 2.99. The quantitative estimate of drug-likeness (QED) is 0.877.